The summed E-state index contributed by atoms with van der Waals surface area (Å²) in [6, 6.07) is 31.6. The van der Waals surface area contributed by atoms with E-state index >= 15 is 0 Å². The van der Waals surface area contributed by atoms with Gasteiger partial charge in [-0.1, -0.05) is 0 Å². The molecule has 0 aliphatic carbocycles. The van der Waals surface area contributed by atoms with Crippen LogP contribution in [0, 0.1) is 0 Å². The predicted octanol–water partition coefficient (Wildman–Crippen LogP) is 4.30. The summed E-state index contributed by atoms with van der Waals surface area (Å²) in [6.45, 7) is 0.158. The van der Waals surface area contributed by atoms with Crippen molar-refractivity contribution in [3.05, 3.63) is 91.0 Å². The van der Waals surface area contributed by atoms with Crippen molar-refractivity contribution in [3.63, 3.8) is 0 Å². The number of benzene rings is 3. The van der Waals surface area contributed by atoms with E-state index in [9.17, 15) is 9.59 Å². The van der Waals surface area contributed by atoms with Gasteiger partial charge in [-0.3, -0.25) is 0 Å². The Hall–Kier alpha value is -2.18. The van der Waals surface area contributed by atoms with E-state index in [1.54, 1.807) is 0 Å². The van der Waals surface area contributed by atoms with Crippen LogP contribution in [0.15, 0.2) is 91.0 Å². The molecule has 3 N–H and O–H groups in total. The Bertz CT molecular complexity index is 1040. The molecule has 0 aromatic heterocycles. The Kier molecular flexibility index (Phi) is 11.2. The SMILES string of the molecule is N[C@@H](CS)C(=O)NCC(=O)OCCCCCCP(Br)(c1ccccc1)(c1ccccc1)c1ccccc1. The van der Waals surface area contributed by atoms with Crippen molar-refractivity contribution in [2.75, 3.05) is 25.1 Å². The van der Waals surface area contributed by atoms with Crippen molar-refractivity contribution >= 4 is 61.2 Å². The summed E-state index contributed by atoms with van der Waals surface area (Å²) in [5, 5.41) is 3.54. The summed E-state index contributed by atoms with van der Waals surface area (Å²) < 4.78 is 5.27. The standard InChI is InChI=1S/C29H36BrN2O3PS/c30-36(24-14-6-3-7-15-24,25-16-8-4-9-17-25,26-18-10-5-11-19-26)21-13-2-1-12-20-35-28(33)22-32-29(34)27(31)23-37/h3-11,14-19,27,37H,1-2,12-13,20-23,31H2,(H,32,34)/t27-/m0/s1. The molecule has 37 heavy (non-hydrogen) atoms. The monoisotopic (exact) mass is 602 g/mol. The number of esters is 1. The molecule has 1 amide bonds. The maximum absolute atomic E-state index is 11.9. The van der Waals surface area contributed by atoms with Gasteiger partial charge < -0.3 is 5.73 Å². The molecule has 0 aliphatic heterocycles. The summed E-state index contributed by atoms with van der Waals surface area (Å²) in [7, 11) is 0. The fraction of sp³-hybridized carbons (Fsp3) is 0.310. The van der Waals surface area contributed by atoms with Crippen LogP contribution in [0.2, 0.25) is 0 Å². The van der Waals surface area contributed by atoms with Crippen molar-refractivity contribution in [1.29, 1.82) is 0 Å². The van der Waals surface area contributed by atoms with E-state index in [1.807, 2.05) is 0 Å². The molecule has 3 rings (SSSR count). The van der Waals surface area contributed by atoms with E-state index in [4.69, 9.17) is 10.5 Å². The number of halogens is 1. The number of hydrogen-bond donors (Lipinski definition) is 3. The Morgan fingerprint density at radius 3 is 1.73 bits per heavy atom. The number of rotatable bonds is 14. The van der Waals surface area contributed by atoms with E-state index < -0.39 is 23.2 Å². The number of hydrogen-bond acceptors (Lipinski definition) is 5. The van der Waals surface area contributed by atoms with Gasteiger partial charge in [-0.05, 0) is 0 Å². The van der Waals surface area contributed by atoms with E-state index in [1.165, 1.54) is 15.9 Å². The first-order chi connectivity index (χ1) is 17.9. The molecular weight excluding hydrogens is 567 g/mol. The van der Waals surface area contributed by atoms with Crippen LogP contribution < -0.4 is 27.0 Å². The van der Waals surface area contributed by atoms with Crippen LogP contribution in [0.3, 0.4) is 0 Å². The molecule has 0 spiro atoms. The summed E-state index contributed by atoms with van der Waals surface area (Å²) in [4.78, 5) is 23.5. The zero-order valence-electron chi connectivity index (χ0n) is 21.0. The summed E-state index contributed by atoms with van der Waals surface area (Å²) in [5.41, 5.74) is 5.58. The Morgan fingerprint density at radius 1 is 0.811 bits per heavy atom. The fourth-order valence-electron chi connectivity index (χ4n) is 4.53. The number of nitrogens with one attached hydrogen (secondary N) is 1. The molecule has 198 valence electrons. The minimum atomic E-state index is -2.89. The van der Waals surface area contributed by atoms with Crippen LogP contribution in [-0.2, 0) is 14.3 Å². The second-order valence-corrected chi connectivity index (χ2v) is 18.5. The van der Waals surface area contributed by atoms with Crippen molar-refractivity contribution in [2.24, 2.45) is 5.73 Å². The molecule has 0 bridgehead atoms. The van der Waals surface area contributed by atoms with E-state index in [0.29, 0.717) is 6.61 Å². The topological polar surface area (TPSA) is 81.4 Å². The number of carbonyl (C=O) groups excluding carboxylic acids is 2. The summed E-state index contributed by atoms with van der Waals surface area (Å²) in [6.07, 6.45) is 4.74. The number of ether oxygens (including phenoxy) is 1. The summed E-state index contributed by atoms with van der Waals surface area (Å²) >= 11 is 8.46. The van der Waals surface area contributed by atoms with E-state index in [2.05, 4.69) is 124 Å². The van der Waals surface area contributed by atoms with Crippen LogP contribution in [0.5, 0.6) is 0 Å². The quantitative estimate of drug-likeness (QED) is 0.111. The van der Waals surface area contributed by atoms with Gasteiger partial charge >= 0.3 is 210 Å². The van der Waals surface area contributed by atoms with Gasteiger partial charge in [0.2, 0.25) is 0 Å². The predicted molar refractivity (Wildman–Crippen MR) is 163 cm³/mol. The molecular formula is C29H36BrN2O3PS. The second-order valence-electron chi connectivity index (χ2n) is 9.05. The number of carbonyl (C=O) groups is 2. The van der Waals surface area contributed by atoms with Crippen LogP contribution >= 0.6 is 33.4 Å². The van der Waals surface area contributed by atoms with Crippen LogP contribution in [0.25, 0.3) is 0 Å². The van der Waals surface area contributed by atoms with Crippen LogP contribution in [0.1, 0.15) is 25.7 Å². The molecule has 0 unspecified atom stereocenters. The molecule has 0 saturated carbocycles. The number of unbranched alkanes of at least 4 members (excludes halogenated alkanes) is 3. The van der Waals surface area contributed by atoms with Crippen molar-refractivity contribution < 1.29 is 14.3 Å². The van der Waals surface area contributed by atoms with Gasteiger partial charge in [0.25, 0.3) is 0 Å². The van der Waals surface area contributed by atoms with E-state index in [0.717, 1.165) is 31.8 Å². The van der Waals surface area contributed by atoms with Gasteiger partial charge in [0, 0.05) is 5.75 Å². The molecule has 0 radical (unpaired) electrons. The summed E-state index contributed by atoms with van der Waals surface area (Å²) in [5.74, 6) is -0.640. The first-order valence-corrected chi connectivity index (χ1v) is 17.7. The van der Waals surface area contributed by atoms with Gasteiger partial charge in [0.05, 0.1) is 0 Å². The molecule has 1 atom stereocenters. The van der Waals surface area contributed by atoms with Gasteiger partial charge in [-0.2, -0.15) is 12.6 Å². The number of amides is 1. The zero-order valence-corrected chi connectivity index (χ0v) is 24.3. The molecule has 5 nitrogen and oxygen atoms in total. The molecule has 3 aromatic carbocycles. The number of thiol groups is 1. The first-order valence-electron chi connectivity index (χ1n) is 12.6. The molecule has 0 aliphatic rings. The molecule has 3 aromatic rings. The molecule has 8 heteroatoms. The van der Waals surface area contributed by atoms with Gasteiger partial charge in [0.1, 0.15) is 0 Å². The molecule has 0 heterocycles. The van der Waals surface area contributed by atoms with Gasteiger partial charge in [0.15, 0.2) is 0 Å². The third-order valence-corrected chi connectivity index (χ3v) is 17.0. The first kappa shape index (κ1) is 29.4. The normalized spacial score (nSPS) is 13.2. The molecule has 0 saturated heterocycles. The zero-order chi connectivity index (χ0) is 26.6. The van der Waals surface area contributed by atoms with Crippen molar-refractivity contribution in [3.8, 4) is 0 Å². The Labute approximate surface area is 233 Å². The third kappa shape index (κ3) is 7.23. The molecule has 0 fully saturated rings. The fourth-order valence-corrected chi connectivity index (χ4v) is 12.4. The Balaban J connectivity index is 1.63. The van der Waals surface area contributed by atoms with Gasteiger partial charge in [-0.15, -0.1) is 0 Å². The van der Waals surface area contributed by atoms with Crippen molar-refractivity contribution in [1.82, 2.24) is 5.32 Å². The average molecular weight is 604 g/mol. The van der Waals surface area contributed by atoms with Gasteiger partial charge in [-0.25, -0.2) is 0 Å². The second kappa shape index (κ2) is 14.1. The van der Waals surface area contributed by atoms with Crippen LogP contribution in [0.4, 0.5) is 0 Å². The number of nitrogens with two attached hydrogens (primary N) is 1. The maximum atomic E-state index is 11.9. The Morgan fingerprint density at radius 2 is 1.27 bits per heavy atom. The minimum absolute atomic E-state index is 0.177. The third-order valence-electron chi connectivity index (χ3n) is 6.56. The van der Waals surface area contributed by atoms with E-state index in [-0.39, 0.29) is 12.3 Å². The average Bonchev–Trinajstić information content (AvgIpc) is 2.96. The van der Waals surface area contributed by atoms with Crippen LogP contribution in [-0.4, -0.2) is 43.0 Å². The van der Waals surface area contributed by atoms with Crippen molar-refractivity contribution in [2.45, 2.75) is 31.7 Å².